The summed E-state index contributed by atoms with van der Waals surface area (Å²) in [5.74, 6) is -2.14. The van der Waals surface area contributed by atoms with Gasteiger partial charge >= 0.3 is 39.5 Å². The molecule has 0 aliphatic heterocycles. The number of esters is 4. The number of unbranched alkanes of at least 4 members (excludes halogenated alkanes) is 48. The number of aliphatic hydroxyl groups excluding tert-OH is 1. The van der Waals surface area contributed by atoms with Crippen molar-refractivity contribution in [2.45, 2.75) is 418 Å². The number of allylic oxidation sites excluding steroid dienone is 4. The Labute approximate surface area is 599 Å². The smallest absolute Gasteiger partial charge is 0.462 e. The van der Waals surface area contributed by atoms with Crippen LogP contribution in [0, 0.1) is 0 Å². The molecule has 0 radical (unpaired) electrons. The van der Waals surface area contributed by atoms with Gasteiger partial charge in [-0.25, -0.2) is 9.13 Å². The van der Waals surface area contributed by atoms with Crippen molar-refractivity contribution in [1.29, 1.82) is 0 Å². The molecule has 0 fully saturated rings. The van der Waals surface area contributed by atoms with Crippen molar-refractivity contribution in [3.8, 4) is 0 Å². The largest absolute Gasteiger partial charge is 0.472 e. The van der Waals surface area contributed by atoms with Crippen LogP contribution in [0.1, 0.15) is 400 Å². The lowest BCUT2D eigenvalue weighted by molar-refractivity contribution is -0.161. The molecule has 0 heterocycles. The number of phosphoric acid groups is 2. The van der Waals surface area contributed by atoms with Gasteiger partial charge in [0.2, 0.25) is 0 Å². The molecule has 0 spiro atoms. The molecule has 0 saturated heterocycles. The topological polar surface area (TPSA) is 237 Å². The minimum atomic E-state index is -4.96. The van der Waals surface area contributed by atoms with Crippen molar-refractivity contribution in [3.63, 3.8) is 0 Å². The van der Waals surface area contributed by atoms with E-state index in [4.69, 9.17) is 37.0 Å². The molecule has 0 bridgehead atoms. The minimum Gasteiger partial charge on any atom is -0.462 e. The summed E-state index contributed by atoms with van der Waals surface area (Å²) in [5, 5.41) is 10.6. The average molecular weight is 1430 g/mol. The summed E-state index contributed by atoms with van der Waals surface area (Å²) in [6.07, 6.45) is 67.2. The van der Waals surface area contributed by atoms with Gasteiger partial charge in [-0.2, -0.15) is 0 Å². The summed E-state index contributed by atoms with van der Waals surface area (Å²) >= 11 is 0. The molecule has 0 aliphatic carbocycles. The van der Waals surface area contributed by atoms with Crippen LogP contribution in [0.5, 0.6) is 0 Å². The van der Waals surface area contributed by atoms with Crippen LogP contribution in [0.2, 0.25) is 0 Å². The Bertz CT molecular complexity index is 1950. The van der Waals surface area contributed by atoms with Crippen molar-refractivity contribution in [2.75, 3.05) is 39.6 Å². The van der Waals surface area contributed by atoms with Gasteiger partial charge < -0.3 is 33.8 Å². The van der Waals surface area contributed by atoms with Crippen molar-refractivity contribution in [1.82, 2.24) is 0 Å². The summed E-state index contributed by atoms with van der Waals surface area (Å²) in [4.78, 5) is 73.0. The van der Waals surface area contributed by atoms with E-state index in [0.29, 0.717) is 25.7 Å². The minimum absolute atomic E-state index is 0.0940. The second-order valence-corrected chi connectivity index (χ2v) is 30.6. The van der Waals surface area contributed by atoms with E-state index in [1.807, 2.05) is 0 Å². The number of rotatable bonds is 78. The van der Waals surface area contributed by atoms with Crippen molar-refractivity contribution < 1.29 is 80.2 Å². The molecule has 0 aromatic heterocycles. The van der Waals surface area contributed by atoms with E-state index in [-0.39, 0.29) is 25.7 Å². The first-order valence-electron chi connectivity index (χ1n) is 40.6. The van der Waals surface area contributed by atoms with E-state index >= 15 is 0 Å². The molecule has 3 N–H and O–H groups in total. The number of ether oxygens (including phenoxy) is 4. The molecule has 0 aliphatic rings. The van der Waals surface area contributed by atoms with Crippen LogP contribution in [0.25, 0.3) is 0 Å². The van der Waals surface area contributed by atoms with Gasteiger partial charge in [-0.05, 0) is 77.0 Å². The summed E-state index contributed by atoms with van der Waals surface area (Å²) in [6.45, 7) is 4.96. The fourth-order valence-electron chi connectivity index (χ4n) is 11.7. The molecule has 0 aromatic carbocycles. The van der Waals surface area contributed by atoms with Crippen LogP contribution in [0.4, 0.5) is 0 Å². The van der Waals surface area contributed by atoms with Crippen molar-refractivity contribution in [3.05, 3.63) is 24.3 Å². The zero-order valence-electron chi connectivity index (χ0n) is 63.2. The Balaban J connectivity index is 5.30. The van der Waals surface area contributed by atoms with E-state index < -0.39 is 97.5 Å². The summed E-state index contributed by atoms with van der Waals surface area (Å²) in [7, 11) is -9.93. The fourth-order valence-corrected chi connectivity index (χ4v) is 13.3. The first-order chi connectivity index (χ1) is 47.7. The highest BCUT2D eigenvalue weighted by molar-refractivity contribution is 7.47. The molecule has 0 rings (SSSR count). The molecule has 17 nitrogen and oxygen atoms in total. The molecule has 0 saturated carbocycles. The van der Waals surface area contributed by atoms with E-state index in [1.165, 1.54) is 199 Å². The molecule has 98 heavy (non-hydrogen) atoms. The predicted octanol–water partition coefficient (Wildman–Crippen LogP) is 23.3. The SMILES string of the molecule is CCCCCC/C=C\CCCCCCCCCC(=O)OC[C@H](COP(=O)(O)OC[C@@H](O)COP(=O)(O)OC[C@@H](COC(=O)CCCCCCCCCCCCCCC)OC(=O)CCCCCCC/C=C\CCCCCCCC)OC(=O)CCCCCCCCCCCCCCCCC. The number of carbonyl (C=O) groups excluding carboxylic acids is 4. The number of hydrogen-bond donors (Lipinski definition) is 3. The highest BCUT2D eigenvalue weighted by atomic mass is 31.2. The maximum Gasteiger partial charge on any atom is 0.472 e. The third-order valence-electron chi connectivity index (χ3n) is 17.9. The van der Waals surface area contributed by atoms with Crippen molar-refractivity contribution in [2.24, 2.45) is 0 Å². The van der Waals surface area contributed by atoms with Gasteiger partial charge in [-0.1, -0.05) is 322 Å². The lowest BCUT2D eigenvalue weighted by Gasteiger charge is -2.21. The van der Waals surface area contributed by atoms with Crippen LogP contribution in [-0.2, 0) is 65.4 Å². The molecule has 5 atom stereocenters. The third kappa shape index (κ3) is 71.9. The standard InChI is InChI=1S/C79H150O17P2/c1-5-9-13-17-21-25-29-33-36-40-44-48-52-56-60-64-77(82)90-70-75(96-79(84)66-62-58-54-50-46-42-38-35-31-27-23-19-15-11-7-3)72-94-98(87,88)92-68-73(80)67-91-97(85,86)93-71-74(69-89-76(81)63-59-55-51-47-43-39-32-28-24-20-16-12-8-4)95-78(83)65-61-57-53-49-45-41-37-34-30-26-22-18-14-10-6-2/h25,29,34,37,73-75,80H,5-24,26-28,30-33,35-36,38-72H2,1-4H3,(H,85,86)(H,87,88)/b29-25-,37-34-/t73-,74+,75+/m0/s1. The normalized spacial score (nSPS) is 14.0. The maximum atomic E-state index is 13.1. The summed E-state index contributed by atoms with van der Waals surface area (Å²) in [6, 6.07) is 0. The van der Waals surface area contributed by atoms with Gasteiger partial charge in [0.25, 0.3) is 0 Å². The Morgan fingerprint density at radius 3 is 0.714 bits per heavy atom. The van der Waals surface area contributed by atoms with E-state index in [0.717, 1.165) is 122 Å². The third-order valence-corrected chi connectivity index (χ3v) is 19.8. The van der Waals surface area contributed by atoms with Crippen LogP contribution >= 0.6 is 15.6 Å². The Hall–Kier alpha value is -2.46. The van der Waals surface area contributed by atoms with Gasteiger partial charge in [-0.15, -0.1) is 0 Å². The maximum absolute atomic E-state index is 13.1. The zero-order chi connectivity index (χ0) is 71.8. The van der Waals surface area contributed by atoms with Gasteiger partial charge in [0.15, 0.2) is 12.2 Å². The number of hydrogen-bond acceptors (Lipinski definition) is 15. The predicted molar refractivity (Wildman–Crippen MR) is 400 cm³/mol. The van der Waals surface area contributed by atoms with E-state index in [1.54, 1.807) is 0 Å². The Morgan fingerprint density at radius 1 is 0.276 bits per heavy atom. The molecular weight excluding hydrogens is 1280 g/mol. The number of carbonyl (C=O) groups is 4. The number of aliphatic hydroxyl groups is 1. The number of phosphoric ester groups is 2. The zero-order valence-corrected chi connectivity index (χ0v) is 65.0. The van der Waals surface area contributed by atoms with Crippen LogP contribution < -0.4 is 0 Å². The molecule has 19 heteroatoms. The first-order valence-corrected chi connectivity index (χ1v) is 43.6. The van der Waals surface area contributed by atoms with Crippen LogP contribution in [-0.4, -0.2) is 96.7 Å². The quantitative estimate of drug-likeness (QED) is 0.0169. The first kappa shape index (κ1) is 95.5. The fraction of sp³-hybridized carbons (Fsp3) is 0.899. The highest BCUT2D eigenvalue weighted by Crippen LogP contribution is 2.45. The lowest BCUT2D eigenvalue weighted by Crippen LogP contribution is -2.30. The van der Waals surface area contributed by atoms with Gasteiger partial charge in [0, 0.05) is 25.7 Å². The average Bonchev–Trinajstić information content (AvgIpc) is 1.04. The lowest BCUT2D eigenvalue weighted by atomic mass is 10.0. The van der Waals surface area contributed by atoms with Gasteiger partial charge in [0.1, 0.15) is 19.3 Å². The molecule has 0 aromatic rings. The molecular formula is C79H150O17P2. The van der Waals surface area contributed by atoms with Crippen LogP contribution in [0.15, 0.2) is 24.3 Å². The Kier molecular flexibility index (Phi) is 71.0. The second kappa shape index (κ2) is 72.9. The Morgan fingerprint density at radius 2 is 0.469 bits per heavy atom. The highest BCUT2D eigenvalue weighted by Gasteiger charge is 2.30. The monoisotopic (exact) mass is 1430 g/mol. The van der Waals surface area contributed by atoms with E-state index in [2.05, 4.69) is 52.0 Å². The molecule has 0 amide bonds. The molecule has 578 valence electrons. The summed E-state index contributed by atoms with van der Waals surface area (Å²) < 4.78 is 68.6. The summed E-state index contributed by atoms with van der Waals surface area (Å²) in [5.41, 5.74) is 0. The second-order valence-electron chi connectivity index (χ2n) is 27.7. The van der Waals surface area contributed by atoms with E-state index in [9.17, 15) is 43.2 Å². The van der Waals surface area contributed by atoms with Crippen LogP contribution in [0.3, 0.4) is 0 Å². The van der Waals surface area contributed by atoms with Crippen molar-refractivity contribution >= 4 is 39.5 Å². The van der Waals surface area contributed by atoms with Gasteiger partial charge in [-0.3, -0.25) is 37.3 Å². The molecule has 2 unspecified atom stereocenters. The van der Waals surface area contributed by atoms with Gasteiger partial charge in [0.05, 0.1) is 26.4 Å².